The third-order valence-electron chi connectivity index (χ3n) is 4.38. The number of nitrogens with zero attached hydrogens (tertiary/aromatic N) is 2. The highest BCUT2D eigenvalue weighted by atomic mass is 15.4. The van der Waals surface area contributed by atoms with Crippen LogP contribution in [-0.2, 0) is 0 Å². The average Bonchev–Trinajstić information content (AvgIpc) is 2.24. The summed E-state index contributed by atoms with van der Waals surface area (Å²) in [7, 11) is 0. The summed E-state index contributed by atoms with van der Waals surface area (Å²) >= 11 is 0. The van der Waals surface area contributed by atoms with Crippen LogP contribution in [0.5, 0.6) is 0 Å². The molecule has 16 heavy (non-hydrogen) atoms. The van der Waals surface area contributed by atoms with E-state index in [-0.39, 0.29) is 0 Å². The van der Waals surface area contributed by atoms with Gasteiger partial charge in [0.05, 0.1) is 0 Å². The van der Waals surface area contributed by atoms with Crippen LogP contribution in [0.2, 0.25) is 0 Å². The van der Waals surface area contributed by atoms with Crippen LogP contribution in [0.3, 0.4) is 0 Å². The second kappa shape index (κ2) is 5.03. The summed E-state index contributed by atoms with van der Waals surface area (Å²) in [6.45, 7) is 10.9. The molecule has 0 radical (unpaired) electrons. The van der Waals surface area contributed by atoms with Crippen molar-refractivity contribution in [3.8, 4) is 0 Å². The van der Waals surface area contributed by atoms with Gasteiger partial charge in [0, 0.05) is 19.6 Å². The fourth-order valence-corrected chi connectivity index (χ4v) is 2.84. The van der Waals surface area contributed by atoms with Gasteiger partial charge in [-0.1, -0.05) is 13.8 Å². The Kier molecular flexibility index (Phi) is 3.88. The van der Waals surface area contributed by atoms with Crippen molar-refractivity contribution in [1.82, 2.24) is 9.91 Å². The van der Waals surface area contributed by atoms with E-state index in [1.54, 1.807) is 0 Å². The zero-order chi connectivity index (χ0) is 11.6. The quantitative estimate of drug-likeness (QED) is 0.726. The second-order valence-electron chi connectivity index (χ2n) is 6.44. The van der Waals surface area contributed by atoms with Crippen molar-refractivity contribution in [1.29, 1.82) is 0 Å². The maximum atomic E-state index is 5.79. The zero-order valence-electron chi connectivity index (χ0n) is 10.9. The van der Waals surface area contributed by atoms with Gasteiger partial charge in [-0.3, -0.25) is 5.84 Å². The SMILES string of the molecule is CC1(C)CCN(CC2CCN(N)CC2)CC1. The minimum Gasteiger partial charge on any atom is -0.303 e. The number of nitrogens with two attached hydrogens (primary N) is 1. The molecule has 2 saturated heterocycles. The number of hydrazine groups is 1. The summed E-state index contributed by atoms with van der Waals surface area (Å²) in [5.74, 6) is 6.68. The first-order chi connectivity index (χ1) is 7.55. The summed E-state index contributed by atoms with van der Waals surface area (Å²) in [6, 6.07) is 0. The van der Waals surface area contributed by atoms with Crippen molar-refractivity contribution in [2.75, 3.05) is 32.7 Å². The number of rotatable bonds is 2. The first kappa shape index (κ1) is 12.3. The minimum atomic E-state index is 0.580. The van der Waals surface area contributed by atoms with E-state index >= 15 is 0 Å². The summed E-state index contributed by atoms with van der Waals surface area (Å²) in [5, 5.41) is 1.97. The standard InChI is InChI=1S/C13H27N3/c1-13(2)5-9-15(10-6-13)11-12-3-7-16(14)8-4-12/h12H,3-11,14H2,1-2H3. The lowest BCUT2D eigenvalue weighted by atomic mass is 9.82. The summed E-state index contributed by atoms with van der Waals surface area (Å²) < 4.78 is 0. The summed E-state index contributed by atoms with van der Waals surface area (Å²) in [6.07, 6.45) is 5.30. The number of hydrogen-bond acceptors (Lipinski definition) is 3. The maximum Gasteiger partial charge on any atom is 0.0131 e. The normalized spacial score (nSPS) is 29.4. The van der Waals surface area contributed by atoms with E-state index in [4.69, 9.17) is 5.84 Å². The van der Waals surface area contributed by atoms with Crippen LogP contribution in [0.1, 0.15) is 39.5 Å². The van der Waals surface area contributed by atoms with Gasteiger partial charge in [0.25, 0.3) is 0 Å². The molecule has 3 nitrogen and oxygen atoms in total. The predicted octanol–water partition coefficient (Wildman–Crippen LogP) is 1.69. The molecule has 2 rings (SSSR count). The molecule has 2 aliphatic heterocycles. The van der Waals surface area contributed by atoms with E-state index in [0.29, 0.717) is 5.41 Å². The van der Waals surface area contributed by atoms with Gasteiger partial charge in [-0.2, -0.15) is 0 Å². The van der Waals surface area contributed by atoms with E-state index in [9.17, 15) is 0 Å². The van der Waals surface area contributed by atoms with Crippen molar-refractivity contribution in [2.45, 2.75) is 39.5 Å². The Balaban J connectivity index is 1.71. The van der Waals surface area contributed by atoms with Crippen molar-refractivity contribution < 1.29 is 0 Å². The number of likely N-dealkylation sites (tertiary alicyclic amines) is 1. The van der Waals surface area contributed by atoms with Crippen molar-refractivity contribution >= 4 is 0 Å². The predicted molar refractivity (Wildman–Crippen MR) is 67.9 cm³/mol. The third kappa shape index (κ3) is 3.44. The molecule has 0 saturated carbocycles. The van der Waals surface area contributed by atoms with Crippen molar-refractivity contribution in [3.63, 3.8) is 0 Å². The van der Waals surface area contributed by atoms with Gasteiger partial charge in [0.2, 0.25) is 0 Å². The molecule has 0 atom stereocenters. The van der Waals surface area contributed by atoms with Crippen LogP contribution < -0.4 is 5.84 Å². The Hall–Kier alpha value is -0.120. The summed E-state index contributed by atoms with van der Waals surface area (Å²) in [5.41, 5.74) is 0.580. The lowest BCUT2D eigenvalue weighted by Gasteiger charge is -2.39. The Morgan fingerprint density at radius 3 is 2.19 bits per heavy atom. The first-order valence-electron chi connectivity index (χ1n) is 6.77. The lowest BCUT2D eigenvalue weighted by molar-refractivity contribution is 0.0936. The molecule has 3 heteroatoms. The monoisotopic (exact) mass is 225 g/mol. The molecule has 2 N–H and O–H groups in total. The highest BCUT2D eigenvalue weighted by Crippen LogP contribution is 2.30. The van der Waals surface area contributed by atoms with Gasteiger partial charge in [-0.15, -0.1) is 0 Å². The highest BCUT2D eigenvalue weighted by molar-refractivity contribution is 4.81. The van der Waals surface area contributed by atoms with Gasteiger partial charge in [-0.25, -0.2) is 5.01 Å². The molecule has 0 aromatic rings. The van der Waals surface area contributed by atoms with Gasteiger partial charge < -0.3 is 4.90 Å². The van der Waals surface area contributed by atoms with E-state index in [1.165, 1.54) is 45.3 Å². The molecule has 2 fully saturated rings. The topological polar surface area (TPSA) is 32.5 Å². The molecule has 0 spiro atoms. The van der Waals surface area contributed by atoms with Gasteiger partial charge in [0.1, 0.15) is 0 Å². The molecule has 94 valence electrons. The molecular weight excluding hydrogens is 198 g/mol. The van der Waals surface area contributed by atoms with Crippen molar-refractivity contribution in [2.24, 2.45) is 17.2 Å². The third-order valence-corrected chi connectivity index (χ3v) is 4.38. The van der Waals surface area contributed by atoms with Crippen LogP contribution >= 0.6 is 0 Å². The molecule has 0 unspecified atom stereocenters. The minimum absolute atomic E-state index is 0.580. The number of piperidine rings is 2. The largest absolute Gasteiger partial charge is 0.303 e. The fourth-order valence-electron chi connectivity index (χ4n) is 2.84. The van der Waals surface area contributed by atoms with Gasteiger partial charge >= 0.3 is 0 Å². The Morgan fingerprint density at radius 2 is 1.62 bits per heavy atom. The Bertz CT molecular complexity index is 209. The first-order valence-corrected chi connectivity index (χ1v) is 6.77. The fraction of sp³-hybridized carbons (Fsp3) is 1.00. The zero-order valence-corrected chi connectivity index (χ0v) is 10.9. The Morgan fingerprint density at radius 1 is 1.06 bits per heavy atom. The molecule has 0 aromatic heterocycles. The van der Waals surface area contributed by atoms with Crippen LogP contribution in [-0.4, -0.2) is 42.6 Å². The molecule has 0 amide bonds. The molecular formula is C13H27N3. The number of hydrogen-bond donors (Lipinski definition) is 1. The van der Waals surface area contributed by atoms with E-state index < -0.39 is 0 Å². The van der Waals surface area contributed by atoms with Crippen LogP contribution in [0.15, 0.2) is 0 Å². The molecule has 2 aliphatic rings. The van der Waals surface area contributed by atoms with Crippen LogP contribution in [0, 0.1) is 11.3 Å². The van der Waals surface area contributed by atoms with Gasteiger partial charge in [-0.05, 0) is 50.1 Å². The molecule has 2 heterocycles. The van der Waals surface area contributed by atoms with E-state index in [2.05, 4.69) is 18.7 Å². The van der Waals surface area contributed by atoms with Gasteiger partial charge in [0.15, 0.2) is 0 Å². The highest BCUT2D eigenvalue weighted by Gasteiger charge is 2.27. The average molecular weight is 225 g/mol. The van der Waals surface area contributed by atoms with Crippen LogP contribution in [0.25, 0.3) is 0 Å². The molecule has 0 bridgehead atoms. The second-order valence-corrected chi connectivity index (χ2v) is 6.44. The lowest BCUT2D eigenvalue weighted by Crippen LogP contribution is -2.44. The molecule has 0 aliphatic carbocycles. The van der Waals surface area contributed by atoms with E-state index in [0.717, 1.165) is 19.0 Å². The van der Waals surface area contributed by atoms with Crippen LogP contribution in [0.4, 0.5) is 0 Å². The maximum absolute atomic E-state index is 5.79. The molecule has 0 aromatic carbocycles. The van der Waals surface area contributed by atoms with Crippen molar-refractivity contribution in [3.05, 3.63) is 0 Å². The Labute approximate surface area is 99.9 Å². The van der Waals surface area contributed by atoms with E-state index in [1.807, 2.05) is 5.01 Å². The smallest absolute Gasteiger partial charge is 0.0131 e. The summed E-state index contributed by atoms with van der Waals surface area (Å²) in [4.78, 5) is 2.67.